The molecule has 1 atom stereocenters. The van der Waals surface area contributed by atoms with E-state index < -0.39 is 38.4 Å². The van der Waals surface area contributed by atoms with Crippen LogP contribution in [0, 0.1) is 10.1 Å². The van der Waals surface area contributed by atoms with E-state index in [2.05, 4.69) is 5.32 Å². The van der Waals surface area contributed by atoms with Crippen LogP contribution in [0.1, 0.15) is 20.8 Å². The van der Waals surface area contributed by atoms with Gasteiger partial charge in [0.2, 0.25) is 10.0 Å². The fourth-order valence-corrected chi connectivity index (χ4v) is 3.14. The Morgan fingerprint density at radius 2 is 2.14 bits per heavy atom. The van der Waals surface area contributed by atoms with Crippen LogP contribution in [0.15, 0.2) is 23.1 Å². The Hall–Kier alpha value is -2.44. The van der Waals surface area contributed by atoms with Crippen molar-refractivity contribution in [3.8, 4) is 0 Å². The van der Waals surface area contributed by atoms with Gasteiger partial charge in [0.25, 0.3) is 5.69 Å². The largest absolute Gasteiger partial charge is 0.444 e. The number of benzene rings is 1. The normalized spacial score (nSPS) is 17.9. The molecule has 1 saturated heterocycles. The van der Waals surface area contributed by atoms with Crippen LogP contribution in [0.25, 0.3) is 0 Å². The predicted octanol–water partition coefficient (Wildman–Crippen LogP) is 1.29. The second-order valence-corrected chi connectivity index (χ2v) is 8.83. The minimum Gasteiger partial charge on any atom is -0.444 e. The zero-order valence-corrected chi connectivity index (χ0v) is 16.7. The van der Waals surface area contributed by atoms with Crippen molar-refractivity contribution in [2.24, 2.45) is 5.14 Å². The van der Waals surface area contributed by atoms with Crippen molar-refractivity contribution in [3.05, 3.63) is 28.3 Å². The summed E-state index contributed by atoms with van der Waals surface area (Å²) in [6, 6.07) is 2.91. The Kier molecular flexibility index (Phi) is 6.47. The molecule has 1 amide bonds. The SMILES string of the molecule is CC(C)(C)OC(=O)N1CCOC[C@@H]1CNc1ccc(S(N)(=O)=O)cc1[N+](=O)[O-]. The summed E-state index contributed by atoms with van der Waals surface area (Å²) >= 11 is 0. The molecule has 28 heavy (non-hydrogen) atoms. The van der Waals surface area contributed by atoms with Crippen LogP contribution in [0.4, 0.5) is 16.2 Å². The second kappa shape index (κ2) is 8.29. The van der Waals surface area contributed by atoms with E-state index in [-0.39, 0.29) is 23.7 Å². The summed E-state index contributed by atoms with van der Waals surface area (Å²) in [7, 11) is -4.07. The van der Waals surface area contributed by atoms with Crippen LogP contribution in [0.5, 0.6) is 0 Å². The molecule has 0 unspecified atom stereocenters. The molecule has 3 N–H and O–H groups in total. The number of carbonyl (C=O) groups excluding carboxylic acids is 1. The van der Waals surface area contributed by atoms with Crippen LogP contribution in [-0.4, -0.2) is 62.3 Å². The van der Waals surface area contributed by atoms with E-state index in [9.17, 15) is 23.3 Å². The Morgan fingerprint density at radius 1 is 1.46 bits per heavy atom. The van der Waals surface area contributed by atoms with E-state index >= 15 is 0 Å². The number of hydrogen-bond acceptors (Lipinski definition) is 8. The lowest BCUT2D eigenvalue weighted by Gasteiger charge is -2.36. The number of hydrogen-bond donors (Lipinski definition) is 2. The van der Waals surface area contributed by atoms with Crippen LogP contribution >= 0.6 is 0 Å². The summed E-state index contributed by atoms with van der Waals surface area (Å²) in [5, 5.41) is 19.2. The number of nitro groups is 1. The maximum absolute atomic E-state index is 12.4. The molecule has 0 aliphatic carbocycles. The average molecular weight is 416 g/mol. The van der Waals surface area contributed by atoms with Gasteiger partial charge in [-0.25, -0.2) is 18.4 Å². The summed E-state index contributed by atoms with van der Waals surface area (Å²) < 4.78 is 33.6. The zero-order chi connectivity index (χ0) is 21.1. The van der Waals surface area contributed by atoms with Gasteiger partial charge < -0.3 is 14.8 Å². The molecule has 0 aromatic heterocycles. The van der Waals surface area contributed by atoms with Crippen molar-refractivity contribution in [2.75, 3.05) is 31.6 Å². The highest BCUT2D eigenvalue weighted by molar-refractivity contribution is 7.89. The second-order valence-electron chi connectivity index (χ2n) is 7.26. The fourth-order valence-electron chi connectivity index (χ4n) is 2.60. The molecule has 0 radical (unpaired) electrons. The molecule has 2 rings (SSSR count). The monoisotopic (exact) mass is 416 g/mol. The summed E-state index contributed by atoms with van der Waals surface area (Å²) in [5.74, 6) is 0. The fraction of sp³-hybridized carbons (Fsp3) is 0.562. The van der Waals surface area contributed by atoms with Crippen molar-refractivity contribution in [3.63, 3.8) is 0 Å². The maximum Gasteiger partial charge on any atom is 0.410 e. The predicted molar refractivity (Wildman–Crippen MR) is 101 cm³/mol. The number of rotatable bonds is 5. The molecule has 1 aliphatic heterocycles. The van der Waals surface area contributed by atoms with Gasteiger partial charge in [-0.05, 0) is 32.9 Å². The Balaban J connectivity index is 2.17. The number of ether oxygens (including phenoxy) is 2. The van der Waals surface area contributed by atoms with E-state index in [1.165, 1.54) is 17.0 Å². The smallest absolute Gasteiger partial charge is 0.410 e. The van der Waals surface area contributed by atoms with Crippen LogP contribution < -0.4 is 10.5 Å². The van der Waals surface area contributed by atoms with Gasteiger partial charge in [-0.3, -0.25) is 15.0 Å². The number of nitrogens with one attached hydrogen (secondary N) is 1. The van der Waals surface area contributed by atoms with E-state index in [0.29, 0.717) is 13.2 Å². The number of morpholine rings is 1. The first kappa shape index (κ1) is 21.9. The third kappa shape index (κ3) is 5.78. The number of amides is 1. The Bertz CT molecular complexity index is 851. The van der Waals surface area contributed by atoms with Crippen LogP contribution in [-0.2, 0) is 19.5 Å². The molecule has 1 fully saturated rings. The number of nitrogens with two attached hydrogens (primary N) is 1. The summed E-state index contributed by atoms with van der Waals surface area (Å²) in [5.41, 5.74) is -0.991. The highest BCUT2D eigenvalue weighted by Gasteiger charge is 2.31. The minimum absolute atomic E-state index is 0.104. The third-order valence-corrected chi connectivity index (χ3v) is 4.79. The van der Waals surface area contributed by atoms with E-state index in [4.69, 9.17) is 14.6 Å². The highest BCUT2D eigenvalue weighted by atomic mass is 32.2. The van der Waals surface area contributed by atoms with Crippen molar-refractivity contribution in [1.29, 1.82) is 0 Å². The topological polar surface area (TPSA) is 154 Å². The van der Waals surface area contributed by atoms with Gasteiger partial charge in [0, 0.05) is 19.2 Å². The van der Waals surface area contributed by atoms with Gasteiger partial charge in [-0.1, -0.05) is 0 Å². The van der Waals surface area contributed by atoms with Gasteiger partial charge >= 0.3 is 6.09 Å². The van der Waals surface area contributed by atoms with E-state index in [0.717, 1.165) is 6.07 Å². The van der Waals surface area contributed by atoms with Crippen LogP contribution in [0.2, 0.25) is 0 Å². The summed E-state index contributed by atoms with van der Waals surface area (Å²) in [4.78, 5) is 24.1. The number of primary sulfonamides is 1. The van der Waals surface area contributed by atoms with Crippen molar-refractivity contribution in [1.82, 2.24) is 4.90 Å². The molecule has 12 heteroatoms. The third-order valence-electron chi connectivity index (χ3n) is 3.88. The summed E-state index contributed by atoms with van der Waals surface area (Å²) in [6.07, 6.45) is -0.498. The molecule has 0 bridgehead atoms. The molecule has 11 nitrogen and oxygen atoms in total. The highest BCUT2D eigenvalue weighted by Crippen LogP contribution is 2.27. The van der Waals surface area contributed by atoms with Gasteiger partial charge in [-0.15, -0.1) is 0 Å². The molecule has 0 spiro atoms. The quantitative estimate of drug-likeness (QED) is 0.537. The molecular formula is C16H24N4O7S. The number of anilines is 1. The van der Waals surface area contributed by atoms with Gasteiger partial charge in [0.05, 0.1) is 29.1 Å². The average Bonchev–Trinajstić information content (AvgIpc) is 2.57. The molecule has 1 aromatic rings. The molecule has 1 aromatic carbocycles. The first-order chi connectivity index (χ1) is 12.9. The number of sulfonamides is 1. The minimum atomic E-state index is -4.07. The zero-order valence-electron chi connectivity index (χ0n) is 15.9. The van der Waals surface area contributed by atoms with Crippen LogP contribution in [0.3, 0.4) is 0 Å². The lowest BCUT2D eigenvalue weighted by atomic mass is 10.2. The van der Waals surface area contributed by atoms with Gasteiger partial charge in [-0.2, -0.15) is 0 Å². The van der Waals surface area contributed by atoms with Crippen molar-refractivity contribution in [2.45, 2.75) is 37.3 Å². The lowest BCUT2D eigenvalue weighted by Crippen LogP contribution is -2.53. The molecule has 0 saturated carbocycles. The number of nitrogens with zero attached hydrogens (tertiary/aromatic N) is 2. The molecule has 1 aliphatic rings. The number of nitro benzene ring substituents is 1. The van der Waals surface area contributed by atoms with Gasteiger partial charge in [0.1, 0.15) is 11.3 Å². The first-order valence-electron chi connectivity index (χ1n) is 8.51. The molecule has 156 valence electrons. The molecule has 1 heterocycles. The maximum atomic E-state index is 12.4. The van der Waals surface area contributed by atoms with E-state index in [1.807, 2.05) is 0 Å². The summed E-state index contributed by atoms with van der Waals surface area (Å²) in [6.45, 7) is 6.34. The molecular weight excluding hydrogens is 392 g/mol. The van der Waals surface area contributed by atoms with Crippen molar-refractivity contribution >= 4 is 27.5 Å². The Morgan fingerprint density at radius 3 is 2.71 bits per heavy atom. The van der Waals surface area contributed by atoms with E-state index in [1.54, 1.807) is 20.8 Å². The van der Waals surface area contributed by atoms with Crippen molar-refractivity contribution < 1.29 is 27.6 Å². The number of carbonyl (C=O) groups is 1. The lowest BCUT2D eigenvalue weighted by molar-refractivity contribution is -0.384. The van der Waals surface area contributed by atoms with Gasteiger partial charge in [0.15, 0.2) is 0 Å². The standard InChI is InChI=1S/C16H24N4O7S/c1-16(2,3)27-15(21)19-6-7-26-10-11(19)9-18-13-5-4-12(28(17,24)25)8-14(13)20(22)23/h4-5,8,11,18H,6-7,9-10H2,1-3H3,(H2,17,24,25)/t11-/m0/s1. The Labute approximate surface area is 163 Å². The first-order valence-corrected chi connectivity index (χ1v) is 10.1.